The minimum Gasteiger partial charge on any atom is -0.351 e. The van der Waals surface area contributed by atoms with E-state index in [9.17, 15) is 9.18 Å². The normalized spacial score (nSPS) is 12.7. The number of nitrogens with one attached hydrogen (secondary N) is 2. The fraction of sp³-hybridized carbons (Fsp3) is 0.400. The molecule has 2 aromatic rings. The number of hydrogen-bond donors (Lipinski definition) is 2. The number of carbonyl (C=O) groups is 1. The maximum absolute atomic E-state index is 13.2. The summed E-state index contributed by atoms with van der Waals surface area (Å²) in [6.07, 6.45) is 0. The molecular formula is C15H19FN4OS2. The molecule has 2 N–H and O–H groups in total. The van der Waals surface area contributed by atoms with Crippen LogP contribution in [0.2, 0.25) is 0 Å². The van der Waals surface area contributed by atoms with Crippen molar-refractivity contribution < 1.29 is 9.18 Å². The maximum atomic E-state index is 13.2. The van der Waals surface area contributed by atoms with Crippen LogP contribution in [0, 0.1) is 5.82 Å². The number of carbonyl (C=O) groups excluding carboxylic acids is 1. The molecule has 23 heavy (non-hydrogen) atoms. The van der Waals surface area contributed by atoms with Crippen LogP contribution in [-0.4, -0.2) is 26.9 Å². The molecule has 0 aliphatic heterocycles. The van der Waals surface area contributed by atoms with E-state index in [1.165, 1.54) is 35.2 Å². The second kappa shape index (κ2) is 7.27. The monoisotopic (exact) mass is 354 g/mol. The van der Waals surface area contributed by atoms with Crippen LogP contribution in [0.1, 0.15) is 27.7 Å². The smallest absolute Gasteiger partial charge is 0.233 e. The van der Waals surface area contributed by atoms with Crippen LogP contribution >= 0.6 is 23.1 Å². The molecular weight excluding hydrogens is 335 g/mol. The van der Waals surface area contributed by atoms with Crippen molar-refractivity contribution in [3.05, 3.63) is 30.1 Å². The Morgan fingerprint density at radius 2 is 2.09 bits per heavy atom. The van der Waals surface area contributed by atoms with E-state index >= 15 is 0 Å². The minimum atomic E-state index is -0.318. The summed E-state index contributed by atoms with van der Waals surface area (Å²) >= 11 is 2.67. The van der Waals surface area contributed by atoms with Gasteiger partial charge >= 0.3 is 0 Å². The first-order chi connectivity index (χ1) is 10.7. The van der Waals surface area contributed by atoms with Gasteiger partial charge in [-0.1, -0.05) is 29.2 Å². The fourth-order valence-corrected chi connectivity index (χ4v) is 3.59. The Kier molecular flexibility index (Phi) is 5.59. The van der Waals surface area contributed by atoms with Crippen LogP contribution in [-0.2, 0) is 4.79 Å². The number of amides is 1. The lowest BCUT2D eigenvalue weighted by Crippen LogP contribution is -2.44. The lowest BCUT2D eigenvalue weighted by atomic mass is 10.1. The molecule has 0 fully saturated rings. The van der Waals surface area contributed by atoms with Crippen molar-refractivity contribution in [2.75, 3.05) is 5.32 Å². The number of benzene rings is 1. The van der Waals surface area contributed by atoms with Crippen LogP contribution in [0.4, 0.5) is 15.2 Å². The van der Waals surface area contributed by atoms with E-state index in [0.717, 1.165) is 0 Å². The third-order valence-electron chi connectivity index (χ3n) is 2.63. The summed E-state index contributed by atoms with van der Waals surface area (Å²) < 4.78 is 13.8. The average Bonchev–Trinajstić information content (AvgIpc) is 2.84. The number of hydrogen-bond acceptors (Lipinski definition) is 6. The lowest BCUT2D eigenvalue weighted by Gasteiger charge is -2.22. The average molecular weight is 354 g/mol. The van der Waals surface area contributed by atoms with E-state index < -0.39 is 0 Å². The first-order valence-corrected chi connectivity index (χ1v) is 8.77. The number of anilines is 2. The molecule has 1 amide bonds. The summed E-state index contributed by atoms with van der Waals surface area (Å²) in [5.74, 6) is -0.362. The Balaban J connectivity index is 1.95. The number of rotatable bonds is 5. The van der Waals surface area contributed by atoms with Gasteiger partial charge in [0.15, 0.2) is 4.34 Å². The predicted octanol–water partition coefficient (Wildman–Crippen LogP) is 3.82. The van der Waals surface area contributed by atoms with E-state index in [4.69, 9.17) is 0 Å². The van der Waals surface area contributed by atoms with Gasteiger partial charge in [-0.05, 0) is 45.9 Å². The van der Waals surface area contributed by atoms with Crippen molar-refractivity contribution in [3.63, 3.8) is 0 Å². The second-order valence-corrected chi connectivity index (χ2v) is 8.57. The van der Waals surface area contributed by atoms with Crippen LogP contribution < -0.4 is 10.6 Å². The molecule has 0 aliphatic rings. The van der Waals surface area contributed by atoms with Crippen molar-refractivity contribution in [2.24, 2.45) is 0 Å². The first-order valence-electron chi connectivity index (χ1n) is 7.08. The first kappa shape index (κ1) is 17.7. The van der Waals surface area contributed by atoms with Gasteiger partial charge in [0.05, 0.1) is 5.25 Å². The van der Waals surface area contributed by atoms with Crippen molar-refractivity contribution >= 4 is 39.8 Å². The largest absolute Gasteiger partial charge is 0.351 e. The van der Waals surface area contributed by atoms with Gasteiger partial charge in [-0.2, -0.15) is 0 Å². The molecule has 124 valence electrons. The number of halogens is 1. The molecule has 0 bridgehead atoms. The van der Waals surface area contributed by atoms with Crippen LogP contribution in [0.5, 0.6) is 0 Å². The zero-order valence-corrected chi connectivity index (χ0v) is 15.0. The summed E-state index contributed by atoms with van der Waals surface area (Å²) in [6, 6.07) is 6.12. The fourth-order valence-electron chi connectivity index (χ4n) is 1.67. The molecule has 0 radical (unpaired) electrons. The molecule has 8 heteroatoms. The predicted molar refractivity (Wildman–Crippen MR) is 92.8 cm³/mol. The summed E-state index contributed by atoms with van der Waals surface area (Å²) in [5, 5.41) is 14.3. The number of aromatic nitrogens is 2. The molecule has 2 rings (SSSR count). The highest BCUT2D eigenvalue weighted by atomic mass is 32.2. The highest BCUT2D eigenvalue weighted by molar-refractivity contribution is 8.02. The quantitative estimate of drug-likeness (QED) is 0.799. The van der Waals surface area contributed by atoms with E-state index in [-0.39, 0.29) is 22.5 Å². The molecule has 0 aliphatic carbocycles. The molecule has 1 aromatic carbocycles. The summed E-state index contributed by atoms with van der Waals surface area (Å²) in [6.45, 7) is 7.64. The van der Waals surface area contributed by atoms with Gasteiger partial charge in [-0.15, -0.1) is 10.2 Å². The van der Waals surface area contributed by atoms with Gasteiger partial charge in [0, 0.05) is 11.2 Å². The Labute approximate surface area is 143 Å². The Hall–Kier alpha value is -1.67. The van der Waals surface area contributed by atoms with Crippen LogP contribution in [0.25, 0.3) is 0 Å². The Bertz CT molecular complexity index is 684. The van der Waals surface area contributed by atoms with Crippen LogP contribution in [0.15, 0.2) is 28.6 Å². The van der Waals surface area contributed by atoms with Gasteiger partial charge < -0.3 is 10.6 Å². The highest BCUT2D eigenvalue weighted by Crippen LogP contribution is 2.30. The van der Waals surface area contributed by atoms with Crippen LogP contribution in [0.3, 0.4) is 0 Å². The SMILES string of the molecule is CC(Sc1nnc(Nc2cccc(F)c2)s1)C(=O)NC(C)(C)C. The third-order valence-corrected chi connectivity index (χ3v) is 4.65. The zero-order valence-electron chi connectivity index (χ0n) is 13.4. The summed E-state index contributed by atoms with van der Waals surface area (Å²) in [5.41, 5.74) is 0.341. The third kappa shape index (κ3) is 5.80. The highest BCUT2D eigenvalue weighted by Gasteiger charge is 2.21. The van der Waals surface area contributed by atoms with Gasteiger partial charge in [-0.25, -0.2) is 4.39 Å². The molecule has 0 saturated heterocycles. The lowest BCUT2D eigenvalue weighted by molar-refractivity contribution is -0.121. The topological polar surface area (TPSA) is 66.9 Å². The molecule has 1 heterocycles. The molecule has 1 unspecified atom stereocenters. The van der Waals surface area contributed by atoms with E-state index in [0.29, 0.717) is 15.2 Å². The van der Waals surface area contributed by atoms with E-state index in [1.807, 2.05) is 27.7 Å². The van der Waals surface area contributed by atoms with Crippen molar-refractivity contribution in [1.29, 1.82) is 0 Å². The summed E-state index contributed by atoms with van der Waals surface area (Å²) in [4.78, 5) is 12.1. The van der Waals surface area contributed by atoms with E-state index in [1.54, 1.807) is 12.1 Å². The Morgan fingerprint density at radius 3 is 2.74 bits per heavy atom. The standard InChI is InChI=1S/C15H19FN4OS2/c1-9(12(21)18-15(2,3)4)22-14-20-19-13(23-14)17-11-7-5-6-10(16)8-11/h5-9H,1-4H3,(H,17,19)(H,18,21). The Morgan fingerprint density at radius 1 is 1.35 bits per heavy atom. The van der Waals surface area contributed by atoms with Gasteiger partial charge in [-0.3, -0.25) is 4.79 Å². The number of thioether (sulfide) groups is 1. The summed E-state index contributed by atoms with van der Waals surface area (Å²) in [7, 11) is 0. The van der Waals surface area contributed by atoms with Gasteiger partial charge in [0.2, 0.25) is 11.0 Å². The van der Waals surface area contributed by atoms with E-state index in [2.05, 4.69) is 20.8 Å². The molecule has 0 spiro atoms. The van der Waals surface area contributed by atoms with Crippen molar-refractivity contribution in [2.45, 2.75) is 42.8 Å². The minimum absolute atomic E-state index is 0.0441. The molecule has 0 saturated carbocycles. The maximum Gasteiger partial charge on any atom is 0.233 e. The second-order valence-electron chi connectivity index (χ2n) is 6.01. The zero-order chi connectivity index (χ0) is 17.0. The van der Waals surface area contributed by atoms with Gasteiger partial charge in [0.1, 0.15) is 5.82 Å². The van der Waals surface area contributed by atoms with Gasteiger partial charge in [0.25, 0.3) is 0 Å². The molecule has 5 nitrogen and oxygen atoms in total. The van der Waals surface area contributed by atoms with Crippen molar-refractivity contribution in [1.82, 2.24) is 15.5 Å². The number of nitrogens with zero attached hydrogens (tertiary/aromatic N) is 2. The molecule has 1 atom stereocenters. The van der Waals surface area contributed by atoms with Crippen molar-refractivity contribution in [3.8, 4) is 0 Å². The molecule has 1 aromatic heterocycles.